The molecule has 0 fully saturated rings. The lowest BCUT2D eigenvalue weighted by molar-refractivity contribution is -0.120. The third-order valence-corrected chi connectivity index (χ3v) is 5.61. The van der Waals surface area contributed by atoms with E-state index in [1.54, 1.807) is 0 Å². The number of carbonyl (C=O) groups is 1. The highest BCUT2D eigenvalue weighted by Gasteiger charge is 2.24. The van der Waals surface area contributed by atoms with Crippen LogP contribution < -0.4 is 9.62 Å². The number of nitrogens with zero attached hydrogens (tertiary/aromatic N) is 1. The number of para-hydroxylation sites is 1. The van der Waals surface area contributed by atoms with Gasteiger partial charge in [0.05, 0.1) is 18.0 Å². The number of carbonyl (C=O) groups excluding carboxylic acids is 1. The molecule has 146 valence electrons. The van der Waals surface area contributed by atoms with E-state index >= 15 is 0 Å². The summed E-state index contributed by atoms with van der Waals surface area (Å²) < 4.78 is 39.1. The quantitative estimate of drug-likeness (QED) is 0.785. The first kappa shape index (κ1) is 20.9. The lowest BCUT2D eigenvalue weighted by Crippen LogP contribution is -2.41. The van der Waals surface area contributed by atoms with Gasteiger partial charge in [0, 0.05) is 0 Å². The zero-order valence-electron chi connectivity index (χ0n) is 16.0. The van der Waals surface area contributed by atoms with Gasteiger partial charge in [0.15, 0.2) is 0 Å². The van der Waals surface area contributed by atoms with E-state index in [1.807, 2.05) is 39.0 Å². The number of aryl methyl sites for hydroxylation is 2. The van der Waals surface area contributed by atoms with Crippen molar-refractivity contribution in [2.24, 2.45) is 0 Å². The summed E-state index contributed by atoms with van der Waals surface area (Å²) in [6, 6.07) is 11.2. The maximum Gasteiger partial charge on any atom is 0.241 e. The highest BCUT2D eigenvalue weighted by molar-refractivity contribution is 7.92. The monoisotopic (exact) mass is 392 g/mol. The summed E-state index contributed by atoms with van der Waals surface area (Å²) in [6.45, 7) is 5.46. The van der Waals surface area contributed by atoms with Gasteiger partial charge in [-0.3, -0.25) is 9.10 Å². The van der Waals surface area contributed by atoms with Gasteiger partial charge in [-0.2, -0.15) is 0 Å². The van der Waals surface area contributed by atoms with Crippen molar-refractivity contribution in [1.29, 1.82) is 0 Å². The molecule has 1 atom stereocenters. The fraction of sp³-hybridized carbons (Fsp3) is 0.350. The van der Waals surface area contributed by atoms with Gasteiger partial charge in [-0.15, -0.1) is 0 Å². The molecule has 2 aromatic rings. The van der Waals surface area contributed by atoms with Crippen molar-refractivity contribution in [3.05, 3.63) is 65.0 Å². The predicted octanol–water partition coefficient (Wildman–Crippen LogP) is 3.48. The topological polar surface area (TPSA) is 66.5 Å². The van der Waals surface area contributed by atoms with Crippen molar-refractivity contribution in [2.45, 2.75) is 33.2 Å². The summed E-state index contributed by atoms with van der Waals surface area (Å²) in [5, 5.41) is 2.85. The largest absolute Gasteiger partial charge is 0.348 e. The normalized spacial score (nSPS) is 12.5. The van der Waals surface area contributed by atoms with Crippen LogP contribution in [0.3, 0.4) is 0 Å². The van der Waals surface area contributed by atoms with Crippen LogP contribution in [-0.4, -0.2) is 27.1 Å². The minimum absolute atomic E-state index is 0.144. The molecule has 0 aliphatic rings. The summed E-state index contributed by atoms with van der Waals surface area (Å²) >= 11 is 0. The van der Waals surface area contributed by atoms with Gasteiger partial charge in [0.25, 0.3) is 0 Å². The number of hydrogen-bond acceptors (Lipinski definition) is 3. The van der Waals surface area contributed by atoms with Gasteiger partial charge in [-0.25, -0.2) is 12.8 Å². The maximum absolute atomic E-state index is 14.1. The number of halogens is 1. The Kier molecular flexibility index (Phi) is 6.59. The van der Waals surface area contributed by atoms with Crippen molar-refractivity contribution in [1.82, 2.24) is 5.32 Å². The smallest absolute Gasteiger partial charge is 0.241 e. The van der Waals surface area contributed by atoms with Crippen LogP contribution in [0.25, 0.3) is 0 Å². The lowest BCUT2D eigenvalue weighted by atomic mass is 9.99. The Labute approximate surface area is 160 Å². The van der Waals surface area contributed by atoms with Crippen LogP contribution in [0.2, 0.25) is 0 Å². The zero-order valence-corrected chi connectivity index (χ0v) is 16.8. The molecule has 1 N–H and O–H groups in total. The molecule has 0 radical (unpaired) electrons. The molecule has 0 spiro atoms. The van der Waals surface area contributed by atoms with Crippen molar-refractivity contribution in [3.8, 4) is 0 Å². The van der Waals surface area contributed by atoms with E-state index in [0.29, 0.717) is 6.42 Å². The van der Waals surface area contributed by atoms with Crippen LogP contribution in [0, 0.1) is 19.7 Å². The number of hydrogen-bond donors (Lipinski definition) is 1. The lowest BCUT2D eigenvalue weighted by Gasteiger charge is -2.24. The number of amides is 1. The Balaban J connectivity index is 2.22. The summed E-state index contributed by atoms with van der Waals surface area (Å²) in [5.41, 5.74) is 3.08. The molecule has 1 amide bonds. The highest BCUT2D eigenvalue weighted by atomic mass is 32.2. The van der Waals surface area contributed by atoms with Crippen LogP contribution in [0.4, 0.5) is 10.1 Å². The Morgan fingerprint density at radius 3 is 2.37 bits per heavy atom. The number of sulfonamides is 1. The molecule has 2 aromatic carbocycles. The molecule has 0 heterocycles. The van der Waals surface area contributed by atoms with E-state index in [0.717, 1.165) is 33.3 Å². The second-order valence-corrected chi connectivity index (χ2v) is 8.50. The third kappa shape index (κ3) is 5.29. The van der Waals surface area contributed by atoms with Crippen LogP contribution in [0.15, 0.2) is 42.5 Å². The molecule has 0 unspecified atom stereocenters. The number of rotatable bonds is 7. The summed E-state index contributed by atoms with van der Waals surface area (Å²) in [6.07, 6.45) is 1.60. The summed E-state index contributed by atoms with van der Waals surface area (Å²) in [7, 11) is -3.82. The Hall–Kier alpha value is -2.41. The Morgan fingerprint density at radius 2 is 1.81 bits per heavy atom. The summed E-state index contributed by atoms with van der Waals surface area (Å²) in [5.74, 6) is -1.19. The van der Waals surface area contributed by atoms with Gasteiger partial charge in [0.1, 0.15) is 12.4 Å². The molecule has 0 saturated carbocycles. The van der Waals surface area contributed by atoms with Gasteiger partial charge >= 0.3 is 0 Å². The van der Waals surface area contributed by atoms with E-state index in [-0.39, 0.29) is 11.7 Å². The fourth-order valence-electron chi connectivity index (χ4n) is 2.81. The van der Waals surface area contributed by atoms with Crippen LogP contribution in [0.5, 0.6) is 0 Å². The van der Waals surface area contributed by atoms with Crippen molar-refractivity contribution in [3.63, 3.8) is 0 Å². The van der Waals surface area contributed by atoms with E-state index in [2.05, 4.69) is 5.32 Å². The average Bonchev–Trinajstić information content (AvgIpc) is 2.60. The zero-order chi connectivity index (χ0) is 20.2. The second kappa shape index (κ2) is 8.52. The van der Waals surface area contributed by atoms with Gasteiger partial charge < -0.3 is 5.32 Å². The van der Waals surface area contributed by atoms with E-state index in [4.69, 9.17) is 0 Å². The third-order valence-electron chi connectivity index (χ3n) is 4.49. The van der Waals surface area contributed by atoms with E-state index in [9.17, 15) is 17.6 Å². The number of nitrogens with one attached hydrogen (secondary N) is 1. The first-order valence-electron chi connectivity index (χ1n) is 8.72. The number of anilines is 1. The highest BCUT2D eigenvalue weighted by Crippen LogP contribution is 2.22. The Morgan fingerprint density at radius 1 is 1.15 bits per heavy atom. The number of benzene rings is 2. The molecule has 27 heavy (non-hydrogen) atoms. The minimum atomic E-state index is -3.82. The predicted molar refractivity (Wildman–Crippen MR) is 106 cm³/mol. The van der Waals surface area contributed by atoms with Crippen LogP contribution in [0.1, 0.15) is 36.1 Å². The molecule has 5 nitrogen and oxygen atoms in total. The Bertz CT molecular complexity index is 929. The molecule has 7 heteroatoms. The van der Waals surface area contributed by atoms with Gasteiger partial charge in [0.2, 0.25) is 15.9 Å². The summed E-state index contributed by atoms with van der Waals surface area (Å²) in [4.78, 5) is 12.5. The van der Waals surface area contributed by atoms with Crippen LogP contribution in [-0.2, 0) is 14.8 Å². The van der Waals surface area contributed by atoms with Gasteiger partial charge in [-0.1, -0.05) is 37.3 Å². The molecule has 0 bridgehead atoms. The molecule has 0 aliphatic carbocycles. The molecular formula is C20H25FN2O3S. The SMILES string of the molecule is CC[C@@H](NC(=O)CN(c1ccccc1F)S(C)(=O)=O)c1ccc(C)c(C)c1. The van der Waals surface area contributed by atoms with Crippen molar-refractivity contribution in [2.75, 3.05) is 17.1 Å². The maximum atomic E-state index is 14.1. The van der Waals surface area contributed by atoms with Crippen molar-refractivity contribution < 1.29 is 17.6 Å². The second-order valence-electron chi connectivity index (χ2n) is 6.59. The van der Waals surface area contributed by atoms with Gasteiger partial charge in [-0.05, 0) is 49.1 Å². The first-order chi connectivity index (χ1) is 12.6. The van der Waals surface area contributed by atoms with Crippen LogP contribution >= 0.6 is 0 Å². The minimum Gasteiger partial charge on any atom is -0.348 e. The standard InChI is InChI=1S/C20H25FN2O3S/c1-5-18(16-11-10-14(2)15(3)12-16)22-20(24)13-23(27(4,25)26)19-9-7-6-8-17(19)21/h6-12,18H,5,13H2,1-4H3,(H,22,24)/t18-/m1/s1. The fourth-order valence-corrected chi connectivity index (χ4v) is 3.67. The molecular weight excluding hydrogens is 367 g/mol. The van der Waals surface area contributed by atoms with E-state index < -0.39 is 28.3 Å². The average molecular weight is 392 g/mol. The van der Waals surface area contributed by atoms with E-state index in [1.165, 1.54) is 18.2 Å². The first-order valence-corrected chi connectivity index (χ1v) is 10.6. The molecule has 0 saturated heterocycles. The molecule has 2 rings (SSSR count). The molecule has 0 aromatic heterocycles. The molecule has 0 aliphatic heterocycles. The van der Waals surface area contributed by atoms with Crippen molar-refractivity contribution >= 4 is 21.6 Å².